The quantitative estimate of drug-likeness (QED) is 0.861. The summed E-state index contributed by atoms with van der Waals surface area (Å²) in [5, 5.41) is 2.40. The first-order chi connectivity index (χ1) is 12.5. The first-order valence-electron chi connectivity index (χ1n) is 9.60. The SMILES string of the molecule is CCN1C[C@@H](c2ccccc2)CC2(CCN(C(=O)CNC(N)=O)CC2)C1. The Labute approximate surface area is 155 Å². The molecular weight excluding hydrogens is 328 g/mol. The highest BCUT2D eigenvalue weighted by molar-refractivity contribution is 5.83. The lowest BCUT2D eigenvalue weighted by Crippen LogP contribution is -2.53. The fourth-order valence-corrected chi connectivity index (χ4v) is 4.56. The molecule has 3 rings (SSSR count). The molecule has 1 aromatic carbocycles. The molecule has 6 nitrogen and oxygen atoms in total. The van der Waals surface area contributed by atoms with Crippen molar-refractivity contribution >= 4 is 11.9 Å². The topological polar surface area (TPSA) is 78.7 Å². The summed E-state index contributed by atoms with van der Waals surface area (Å²) in [6.45, 7) is 7.06. The zero-order chi connectivity index (χ0) is 18.6. The van der Waals surface area contributed by atoms with Crippen molar-refractivity contribution < 1.29 is 9.59 Å². The minimum atomic E-state index is -0.650. The Morgan fingerprint density at radius 3 is 2.54 bits per heavy atom. The van der Waals surface area contributed by atoms with Crippen LogP contribution in [0.1, 0.15) is 37.7 Å². The third kappa shape index (κ3) is 4.36. The predicted molar refractivity (Wildman–Crippen MR) is 102 cm³/mol. The van der Waals surface area contributed by atoms with E-state index >= 15 is 0 Å². The molecule has 2 saturated heterocycles. The van der Waals surface area contributed by atoms with Gasteiger partial charge in [-0.2, -0.15) is 0 Å². The summed E-state index contributed by atoms with van der Waals surface area (Å²) < 4.78 is 0. The minimum absolute atomic E-state index is 0.00391. The van der Waals surface area contributed by atoms with Gasteiger partial charge < -0.3 is 20.9 Å². The molecule has 26 heavy (non-hydrogen) atoms. The first-order valence-corrected chi connectivity index (χ1v) is 9.60. The van der Waals surface area contributed by atoms with Gasteiger partial charge in [0.2, 0.25) is 5.91 Å². The first kappa shape index (κ1) is 18.7. The van der Waals surface area contributed by atoms with Crippen LogP contribution in [0, 0.1) is 5.41 Å². The molecule has 1 spiro atoms. The van der Waals surface area contributed by atoms with E-state index in [4.69, 9.17) is 5.73 Å². The molecule has 0 aromatic heterocycles. The number of nitrogens with two attached hydrogens (primary N) is 1. The van der Waals surface area contributed by atoms with Crippen LogP contribution in [0.5, 0.6) is 0 Å². The van der Waals surface area contributed by atoms with E-state index in [1.165, 1.54) is 12.0 Å². The fraction of sp³-hybridized carbons (Fsp3) is 0.600. The van der Waals surface area contributed by atoms with E-state index in [0.29, 0.717) is 5.92 Å². The zero-order valence-corrected chi connectivity index (χ0v) is 15.6. The van der Waals surface area contributed by atoms with Crippen LogP contribution < -0.4 is 11.1 Å². The van der Waals surface area contributed by atoms with Gasteiger partial charge in [0.25, 0.3) is 0 Å². The van der Waals surface area contributed by atoms with Crippen LogP contribution in [0.15, 0.2) is 30.3 Å². The summed E-state index contributed by atoms with van der Waals surface area (Å²) in [7, 11) is 0. The zero-order valence-electron chi connectivity index (χ0n) is 15.6. The molecule has 0 aliphatic carbocycles. The Balaban J connectivity index is 1.64. The molecule has 142 valence electrons. The number of primary amides is 1. The van der Waals surface area contributed by atoms with Crippen molar-refractivity contribution in [1.82, 2.24) is 15.1 Å². The van der Waals surface area contributed by atoms with Crippen LogP contribution >= 0.6 is 0 Å². The number of likely N-dealkylation sites (N-methyl/N-ethyl adjacent to an activating group) is 1. The van der Waals surface area contributed by atoms with Crippen LogP contribution in [-0.2, 0) is 4.79 Å². The summed E-state index contributed by atoms with van der Waals surface area (Å²) in [6, 6.07) is 10.2. The molecule has 3 amide bonds. The van der Waals surface area contributed by atoms with E-state index in [1.54, 1.807) is 0 Å². The van der Waals surface area contributed by atoms with Crippen molar-refractivity contribution in [3.05, 3.63) is 35.9 Å². The molecule has 0 radical (unpaired) electrons. The van der Waals surface area contributed by atoms with Gasteiger partial charge in [0, 0.05) is 26.2 Å². The molecule has 0 saturated carbocycles. The van der Waals surface area contributed by atoms with Gasteiger partial charge in [0.15, 0.2) is 0 Å². The Kier molecular flexibility index (Phi) is 5.81. The van der Waals surface area contributed by atoms with Gasteiger partial charge in [-0.25, -0.2) is 4.79 Å². The summed E-state index contributed by atoms with van der Waals surface area (Å²) in [5.74, 6) is 0.519. The summed E-state index contributed by atoms with van der Waals surface area (Å²) in [4.78, 5) is 27.5. The third-order valence-corrected chi connectivity index (χ3v) is 6.03. The molecule has 2 aliphatic heterocycles. The van der Waals surface area contributed by atoms with Crippen LogP contribution in [0.2, 0.25) is 0 Å². The Morgan fingerprint density at radius 2 is 1.92 bits per heavy atom. The van der Waals surface area contributed by atoms with E-state index in [9.17, 15) is 9.59 Å². The van der Waals surface area contributed by atoms with Crippen molar-refractivity contribution in [2.75, 3.05) is 39.3 Å². The summed E-state index contributed by atoms with van der Waals surface area (Å²) in [6.07, 6.45) is 3.24. The number of rotatable bonds is 4. The van der Waals surface area contributed by atoms with E-state index in [-0.39, 0.29) is 17.9 Å². The van der Waals surface area contributed by atoms with Crippen LogP contribution in [0.4, 0.5) is 4.79 Å². The van der Waals surface area contributed by atoms with Gasteiger partial charge in [-0.05, 0) is 42.7 Å². The lowest BCUT2D eigenvalue weighted by Gasteiger charge is -2.50. The fourth-order valence-electron chi connectivity index (χ4n) is 4.56. The number of nitrogens with one attached hydrogen (secondary N) is 1. The monoisotopic (exact) mass is 358 g/mol. The van der Waals surface area contributed by atoms with Gasteiger partial charge in [0.1, 0.15) is 0 Å². The maximum Gasteiger partial charge on any atom is 0.312 e. The molecule has 0 unspecified atom stereocenters. The van der Waals surface area contributed by atoms with Crippen molar-refractivity contribution in [2.24, 2.45) is 11.1 Å². The number of piperidine rings is 2. The van der Waals surface area contributed by atoms with E-state index in [1.807, 2.05) is 4.90 Å². The van der Waals surface area contributed by atoms with Crippen molar-refractivity contribution in [3.8, 4) is 0 Å². The minimum Gasteiger partial charge on any atom is -0.352 e. The average Bonchev–Trinajstić information content (AvgIpc) is 2.67. The van der Waals surface area contributed by atoms with Crippen molar-refractivity contribution in [2.45, 2.75) is 32.1 Å². The number of hydrogen-bond acceptors (Lipinski definition) is 3. The number of carbonyl (C=O) groups is 2. The Morgan fingerprint density at radius 1 is 1.23 bits per heavy atom. The number of benzene rings is 1. The second kappa shape index (κ2) is 8.08. The molecule has 6 heteroatoms. The van der Waals surface area contributed by atoms with Crippen molar-refractivity contribution in [1.29, 1.82) is 0 Å². The largest absolute Gasteiger partial charge is 0.352 e. The van der Waals surface area contributed by atoms with E-state index in [2.05, 4.69) is 47.5 Å². The number of hydrogen-bond donors (Lipinski definition) is 2. The second-order valence-electron chi connectivity index (χ2n) is 7.74. The average molecular weight is 358 g/mol. The Hall–Kier alpha value is -2.08. The van der Waals surface area contributed by atoms with Crippen LogP contribution in [0.25, 0.3) is 0 Å². The molecule has 0 bridgehead atoms. The Bertz CT molecular complexity index is 626. The van der Waals surface area contributed by atoms with E-state index < -0.39 is 6.03 Å². The number of nitrogens with zero attached hydrogens (tertiary/aromatic N) is 2. The number of likely N-dealkylation sites (tertiary alicyclic amines) is 2. The lowest BCUT2D eigenvalue weighted by atomic mass is 9.68. The normalized spacial score (nSPS) is 23.0. The van der Waals surface area contributed by atoms with Crippen LogP contribution in [0.3, 0.4) is 0 Å². The molecule has 2 fully saturated rings. The summed E-state index contributed by atoms with van der Waals surface area (Å²) >= 11 is 0. The van der Waals surface area contributed by atoms with Gasteiger partial charge >= 0.3 is 6.03 Å². The number of amides is 3. The maximum absolute atomic E-state index is 12.2. The standard InChI is InChI=1S/C20H30N4O2/c1-2-23-14-17(16-6-4-3-5-7-16)12-20(15-23)8-10-24(11-9-20)18(25)13-22-19(21)26/h3-7,17H,2,8-15H2,1H3,(H3,21,22,26)/t17-/m0/s1. The third-order valence-electron chi connectivity index (χ3n) is 6.03. The number of carbonyl (C=O) groups excluding carboxylic acids is 2. The van der Waals surface area contributed by atoms with Gasteiger partial charge in [-0.1, -0.05) is 37.3 Å². The second-order valence-corrected chi connectivity index (χ2v) is 7.74. The summed E-state index contributed by atoms with van der Waals surface area (Å²) in [5.41, 5.74) is 6.76. The molecule has 2 aliphatic rings. The van der Waals surface area contributed by atoms with Gasteiger partial charge in [0.05, 0.1) is 6.54 Å². The highest BCUT2D eigenvalue weighted by Crippen LogP contribution is 2.44. The highest BCUT2D eigenvalue weighted by Gasteiger charge is 2.42. The molecule has 1 aromatic rings. The smallest absolute Gasteiger partial charge is 0.312 e. The molecular formula is C20H30N4O2. The maximum atomic E-state index is 12.2. The molecule has 2 heterocycles. The van der Waals surface area contributed by atoms with Crippen LogP contribution in [-0.4, -0.2) is 61.0 Å². The molecule has 3 N–H and O–H groups in total. The van der Waals surface area contributed by atoms with Crippen molar-refractivity contribution in [3.63, 3.8) is 0 Å². The van der Waals surface area contributed by atoms with Gasteiger partial charge in [-0.3, -0.25) is 4.79 Å². The van der Waals surface area contributed by atoms with Gasteiger partial charge in [-0.15, -0.1) is 0 Å². The van der Waals surface area contributed by atoms with E-state index in [0.717, 1.165) is 45.6 Å². The number of urea groups is 1. The molecule has 1 atom stereocenters. The predicted octanol–water partition coefficient (Wildman–Crippen LogP) is 1.77. The lowest BCUT2D eigenvalue weighted by molar-refractivity contribution is -0.133. The highest BCUT2D eigenvalue weighted by atomic mass is 16.2.